The Kier molecular flexibility index (Phi) is 4.81. The van der Waals surface area contributed by atoms with Crippen molar-refractivity contribution in [2.45, 2.75) is 20.0 Å². The molecule has 6 heteroatoms. The molecule has 3 heterocycles. The highest BCUT2D eigenvalue weighted by atomic mass is 19.1. The highest BCUT2D eigenvalue weighted by Gasteiger charge is 2.24. The largest absolute Gasteiger partial charge is 0.368 e. The number of pyridine rings is 1. The molecule has 4 rings (SSSR count). The molecular formula is C21H21FN4O. The van der Waals surface area contributed by atoms with Crippen LogP contribution >= 0.6 is 0 Å². The first-order valence-corrected chi connectivity index (χ1v) is 9.00. The second kappa shape index (κ2) is 7.40. The summed E-state index contributed by atoms with van der Waals surface area (Å²) in [5, 5.41) is 0. The standard InChI is InChI=1S/C21H21FN4O/c1-14-11-21(24-15(2)23-14)26-9-10-27-20(13-26)19-8-4-7-18(25-19)16-5-3-6-17(22)12-16/h3-8,11-12,20H,9-10,13H2,1-2H3/t20-/m0/s1. The zero-order chi connectivity index (χ0) is 18.8. The zero-order valence-corrected chi connectivity index (χ0v) is 15.4. The molecule has 0 unspecified atom stereocenters. The number of morpholine rings is 1. The predicted octanol–water partition coefficient (Wildman–Crippen LogP) is 3.87. The molecule has 1 fully saturated rings. The Balaban J connectivity index is 1.59. The number of nitrogens with zero attached hydrogens (tertiary/aromatic N) is 4. The summed E-state index contributed by atoms with van der Waals surface area (Å²) in [5.41, 5.74) is 3.28. The number of rotatable bonds is 3. The van der Waals surface area contributed by atoms with Gasteiger partial charge in [-0.25, -0.2) is 19.3 Å². The van der Waals surface area contributed by atoms with Crippen LogP contribution in [0.5, 0.6) is 0 Å². The summed E-state index contributed by atoms with van der Waals surface area (Å²) >= 11 is 0. The molecule has 0 aliphatic carbocycles. The number of ether oxygens (including phenoxy) is 1. The fourth-order valence-corrected chi connectivity index (χ4v) is 3.34. The van der Waals surface area contributed by atoms with Gasteiger partial charge in [-0.1, -0.05) is 18.2 Å². The lowest BCUT2D eigenvalue weighted by Crippen LogP contribution is -2.39. The highest BCUT2D eigenvalue weighted by molar-refractivity contribution is 5.59. The van der Waals surface area contributed by atoms with Crippen LogP contribution in [0.25, 0.3) is 11.3 Å². The van der Waals surface area contributed by atoms with Crippen molar-refractivity contribution >= 4 is 5.82 Å². The monoisotopic (exact) mass is 364 g/mol. The minimum atomic E-state index is -0.269. The van der Waals surface area contributed by atoms with E-state index in [1.807, 2.05) is 44.2 Å². The summed E-state index contributed by atoms with van der Waals surface area (Å²) in [6, 6.07) is 14.2. The summed E-state index contributed by atoms with van der Waals surface area (Å²) in [5.74, 6) is 1.41. The van der Waals surface area contributed by atoms with Gasteiger partial charge in [0, 0.05) is 23.9 Å². The van der Waals surface area contributed by atoms with E-state index in [-0.39, 0.29) is 11.9 Å². The Morgan fingerprint density at radius 2 is 1.89 bits per heavy atom. The molecule has 1 saturated heterocycles. The summed E-state index contributed by atoms with van der Waals surface area (Å²) in [6.45, 7) is 5.91. The van der Waals surface area contributed by atoms with Gasteiger partial charge in [0.2, 0.25) is 0 Å². The lowest BCUT2D eigenvalue weighted by Gasteiger charge is -2.33. The van der Waals surface area contributed by atoms with E-state index in [1.54, 1.807) is 6.07 Å². The molecule has 2 aromatic heterocycles. The third kappa shape index (κ3) is 3.95. The van der Waals surface area contributed by atoms with Crippen molar-refractivity contribution in [3.05, 3.63) is 71.6 Å². The van der Waals surface area contributed by atoms with Crippen LogP contribution in [0.4, 0.5) is 10.2 Å². The van der Waals surface area contributed by atoms with Crippen molar-refractivity contribution in [3.8, 4) is 11.3 Å². The minimum Gasteiger partial charge on any atom is -0.368 e. The zero-order valence-electron chi connectivity index (χ0n) is 15.4. The molecule has 0 radical (unpaired) electrons. The molecular weight excluding hydrogens is 343 g/mol. The molecule has 138 valence electrons. The maximum Gasteiger partial charge on any atom is 0.132 e. The van der Waals surface area contributed by atoms with E-state index in [9.17, 15) is 4.39 Å². The van der Waals surface area contributed by atoms with Gasteiger partial charge < -0.3 is 9.64 Å². The van der Waals surface area contributed by atoms with E-state index in [2.05, 4.69) is 14.9 Å². The number of halogens is 1. The molecule has 0 spiro atoms. The minimum absolute atomic E-state index is 0.164. The van der Waals surface area contributed by atoms with Crippen LogP contribution in [-0.4, -0.2) is 34.6 Å². The molecule has 1 aromatic carbocycles. The van der Waals surface area contributed by atoms with E-state index < -0.39 is 0 Å². The van der Waals surface area contributed by atoms with E-state index in [1.165, 1.54) is 12.1 Å². The molecule has 5 nitrogen and oxygen atoms in total. The summed E-state index contributed by atoms with van der Waals surface area (Å²) in [7, 11) is 0. The maximum atomic E-state index is 13.5. The molecule has 1 aliphatic rings. The smallest absolute Gasteiger partial charge is 0.132 e. The van der Waals surface area contributed by atoms with E-state index in [4.69, 9.17) is 9.72 Å². The van der Waals surface area contributed by atoms with Crippen molar-refractivity contribution in [2.75, 3.05) is 24.6 Å². The molecule has 3 aromatic rings. The molecule has 0 bridgehead atoms. The van der Waals surface area contributed by atoms with E-state index in [0.29, 0.717) is 13.2 Å². The molecule has 0 saturated carbocycles. The quantitative estimate of drug-likeness (QED) is 0.706. The number of hydrogen-bond donors (Lipinski definition) is 0. The maximum absolute atomic E-state index is 13.5. The number of hydrogen-bond acceptors (Lipinski definition) is 5. The first kappa shape index (κ1) is 17.5. The summed E-state index contributed by atoms with van der Waals surface area (Å²) in [6.07, 6.45) is -0.164. The Labute approximate surface area is 157 Å². The van der Waals surface area contributed by atoms with Crippen molar-refractivity contribution in [1.29, 1.82) is 0 Å². The van der Waals surface area contributed by atoms with Gasteiger partial charge >= 0.3 is 0 Å². The highest BCUT2D eigenvalue weighted by Crippen LogP contribution is 2.26. The molecule has 0 amide bonds. The second-order valence-corrected chi connectivity index (χ2v) is 6.68. The number of anilines is 1. The summed E-state index contributed by atoms with van der Waals surface area (Å²) in [4.78, 5) is 15.8. The van der Waals surface area contributed by atoms with E-state index >= 15 is 0 Å². The van der Waals surface area contributed by atoms with E-state index in [0.717, 1.165) is 40.8 Å². The van der Waals surface area contributed by atoms with Crippen molar-refractivity contribution in [1.82, 2.24) is 15.0 Å². The predicted molar refractivity (Wildman–Crippen MR) is 102 cm³/mol. The van der Waals surface area contributed by atoms with Crippen LogP contribution in [0, 0.1) is 19.7 Å². The third-order valence-corrected chi connectivity index (χ3v) is 4.56. The van der Waals surface area contributed by atoms with Crippen LogP contribution in [0.3, 0.4) is 0 Å². The molecule has 27 heavy (non-hydrogen) atoms. The first-order valence-electron chi connectivity index (χ1n) is 9.00. The Bertz CT molecular complexity index is 942. The SMILES string of the molecule is Cc1cc(N2CCO[C@H](c3cccc(-c4cccc(F)c4)n3)C2)nc(C)n1. The van der Waals surface area contributed by atoms with Crippen molar-refractivity contribution in [2.24, 2.45) is 0 Å². The molecule has 1 atom stereocenters. The number of aromatic nitrogens is 3. The summed E-state index contributed by atoms with van der Waals surface area (Å²) < 4.78 is 19.5. The average Bonchev–Trinajstić information content (AvgIpc) is 2.67. The first-order chi connectivity index (χ1) is 13.1. The van der Waals surface area contributed by atoms with Crippen LogP contribution in [0.1, 0.15) is 23.3 Å². The number of aryl methyl sites for hydroxylation is 2. The van der Waals surface area contributed by atoms with Crippen LogP contribution in [0.15, 0.2) is 48.5 Å². The average molecular weight is 364 g/mol. The van der Waals surface area contributed by atoms with Gasteiger partial charge in [-0.3, -0.25) is 0 Å². The molecule has 0 N–H and O–H groups in total. The van der Waals surface area contributed by atoms with Gasteiger partial charge in [0.05, 0.1) is 24.5 Å². The van der Waals surface area contributed by atoms with Crippen molar-refractivity contribution in [3.63, 3.8) is 0 Å². The topological polar surface area (TPSA) is 51.1 Å². The normalized spacial score (nSPS) is 17.1. The van der Waals surface area contributed by atoms with Gasteiger partial charge in [0.15, 0.2) is 0 Å². The Hall–Kier alpha value is -2.86. The fraction of sp³-hybridized carbons (Fsp3) is 0.286. The van der Waals surface area contributed by atoms with Crippen LogP contribution in [0.2, 0.25) is 0 Å². The third-order valence-electron chi connectivity index (χ3n) is 4.56. The second-order valence-electron chi connectivity index (χ2n) is 6.68. The van der Waals surface area contributed by atoms with Crippen molar-refractivity contribution < 1.29 is 9.13 Å². The van der Waals surface area contributed by atoms with Gasteiger partial charge in [0.1, 0.15) is 23.6 Å². The fourth-order valence-electron chi connectivity index (χ4n) is 3.34. The Morgan fingerprint density at radius 3 is 2.70 bits per heavy atom. The Morgan fingerprint density at radius 1 is 1.04 bits per heavy atom. The van der Waals surface area contributed by atoms with Crippen LogP contribution in [-0.2, 0) is 4.74 Å². The molecule has 1 aliphatic heterocycles. The lowest BCUT2D eigenvalue weighted by molar-refractivity contribution is 0.0368. The lowest BCUT2D eigenvalue weighted by atomic mass is 10.1. The van der Waals surface area contributed by atoms with Crippen LogP contribution < -0.4 is 4.90 Å². The van der Waals surface area contributed by atoms with Gasteiger partial charge in [0.25, 0.3) is 0 Å². The van der Waals surface area contributed by atoms with Gasteiger partial charge in [-0.2, -0.15) is 0 Å². The van der Waals surface area contributed by atoms with Gasteiger partial charge in [-0.15, -0.1) is 0 Å². The number of benzene rings is 1. The van der Waals surface area contributed by atoms with Gasteiger partial charge in [-0.05, 0) is 38.1 Å².